The van der Waals surface area contributed by atoms with Crippen molar-refractivity contribution in [3.63, 3.8) is 0 Å². The molecule has 1 saturated heterocycles. The van der Waals surface area contributed by atoms with Gasteiger partial charge in [0.05, 0.1) is 19.8 Å². The van der Waals surface area contributed by atoms with Gasteiger partial charge < -0.3 is 14.6 Å². The van der Waals surface area contributed by atoms with E-state index >= 15 is 0 Å². The van der Waals surface area contributed by atoms with E-state index in [1.165, 1.54) is 0 Å². The first-order valence-corrected chi connectivity index (χ1v) is 10.9. The largest absolute Gasteiger partial charge is 0.497 e. The van der Waals surface area contributed by atoms with Crippen LogP contribution in [-0.2, 0) is 6.54 Å². The summed E-state index contributed by atoms with van der Waals surface area (Å²) < 4.78 is 11.2. The molecule has 1 N–H and O–H groups in total. The zero-order valence-corrected chi connectivity index (χ0v) is 18.0. The van der Waals surface area contributed by atoms with Gasteiger partial charge in [0.1, 0.15) is 11.5 Å². The van der Waals surface area contributed by atoms with E-state index in [4.69, 9.17) is 21.1 Å². The molecule has 1 aliphatic heterocycles. The highest BCUT2D eigenvalue weighted by Crippen LogP contribution is 2.51. The molecule has 0 spiro atoms. The highest BCUT2D eigenvalue weighted by atomic mass is 35.5. The van der Waals surface area contributed by atoms with E-state index in [2.05, 4.69) is 17.0 Å². The molecule has 3 atom stereocenters. The first kappa shape index (κ1) is 20.5. The summed E-state index contributed by atoms with van der Waals surface area (Å²) in [6.45, 7) is 1.59. The number of benzene rings is 2. The minimum Gasteiger partial charge on any atom is -0.497 e. The van der Waals surface area contributed by atoms with Crippen LogP contribution in [0.5, 0.6) is 11.5 Å². The van der Waals surface area contributed by atoms with E-state index in [0.29, 0.717) is 0 Å². The van der Waals surface area contributed by atoms with Gasteiger partial charge in [-0.25, -0.2) is 0 Å². The summed E-state index contributed by atoms with van der Waals surface area (Å²) in [6.07, 6.45) is 4.96. The Hall–Kier alpha value is -1.75. The average molecular weight is 416 g/mol. The Morgan fingerprint density at radius 3 is 2.69 bits per heavy atom. The monoisotopic (exact) mass is 415 g/mol. The van der Waals surface area contributed by atoms with Gasteiger partial charge >= 0.3 is 0 Å². The van der Waals surface area contributed by atoms with Gasteiger partial charge in [0.15, 0.2) is 0 Å². The quantitative estimate of drug-likeness (QED) is 0.726. The normalized spacial score (nSPS) is 27.3. The fraction of sp³-hybridized carbons (Fsp3) is 0.500. The second-order valence-electron chi connectivity index (χ2n) is 8.32. The summed E-state index contributed by atoms with van der Waals surface area (Å²) in [5.74, 6) is 1.76. The Kier molecular flexibility index (Phi) is 6.05. The predicted octanol–water partition coefficient (Wildman–Crippen LogP) is 5.23. The molecule has 0 bridgehead atoms. The van der Waals surface area contributed by atoms with Crippen molar-refractivity contribution < 1.29 is 14.6 Å². The van der Waals surface area contributed by atoms with Gasteiger partial charge in [-0.15, -0.1) is 0 Å². The van der Waals surface area contributed by atoms with Crippen LogP contribution in [0.3, 0.4) is 0 Å². The molecule has 5 heteroatoms. The number of ether oxygens (including phenoxy) is 2. The van der Waals surface area contributed by atoms with Gasteiger partial charge in [-0.3, -0.25) is 4.90 Å². The second-order valence-corrected chi connectivity index (χ2v) is 8.73. The molecule has 4 rings (SSSR count). The maximum absolute atomic E-state index is 11.5. The molecule has 29 heavy (non-hydrogen) atoms. The highest BCUT2D eigenvalue weighted by Gasteiger charge is 2.49. The van der Waals surface area contributed by atoms with Crippen LogP contribution in [0.15, 0.2) is 42.5 Å². The van der Waals surface area contributed by atoms with Crippen molar-refractivity contribution in [3.05, 3.63) is 58.6 Å². The van der Waals surface area contributed by atoms with Gasteiger partial charge in [-0.2, -0.15) is 0 Å². The van der Waals surface area contributed by atoms with Crippen LogP contribution < -0.4 is 9.47 Å². The minimum absolute atomic E-state index is 0.0752. The van der Waals surface area contributed by atoms with Crippen molar-refractivity contribution in [1.29, 1.82) is 0 Å². The molecule has 0 aromatic heterocycles. The standard InChI is InChI=1S/C24H30ClNO3/c1-28-18-10-11-19(22(15-18)29-2)23-20-8-5-6-12-24(20,27)13-14-26(23)16-17-7-3-4-9-21(17)25/h3-4,7,9-11,15,20,23,27H,5-6,8,12-14,16H2,1-2H3/t20-,23+,24+/m0/s1. The van der Waals surface area contributed by atoms with Gasteiger partial charge in [0.25, 0.3) is 0 Å². The number of nitrogens with zero attached hydrogens (tertiary/aromatic N) is 1. The summed E-state index contributed by atoms with van der Waals surface area (Å²) in [5, 5.41) is 12.3. The van der Waals surface area contributed by atoms with Crippen molar-refractivity contribution in [1.82, 2.24) is 4.90 Å². The molecule has 156 valence electrons. The molecular weight excluding hydrogens is 386 g/mol. The number of hydrogen-bond donors (Lipinski definition) is 1. The zero-order valence-electron chi connectivity index (χ0n) is 17.2. The molecule has 2 aliphatic rings. The molecule has 2 aromatic rings. The topological polar surface area (TPSA) is 41.9 Å². The summed E-state index contributed by atoms with van der Waals surface area (Å²) >= 11 is 6.48. The lowest BCUT2D eigenvalue weighted by Crippen LogP contribution is -2.54. The van der Waals surface area contributed by atoms with E-state index in [1.54, 1.807) is 14.2 Å². The van der Waals surface area contributed by atoms with E-state index in [-0.39, 0.29) is 12.0 Å². The van der Waals surface area contributed by atoms with Crippen LogP contribution in [-0.4, -0.2) is 36.4 Å². The van der Waals surface area contributed by atoms with Crippen LogP contribution in [0.2, 0.25) is 5.02 Å². The minimum atomic E-state index is -0.606. The molecule has 1 saturated carbocycles. The molecule has 2 fully saturated rings. The lowest BCUT2D eigenvalue weighted by molar-refractivity contribution is -0.126. The molecule has 1 heterocycles. The number of rotatable bonds is 5. The van der Waals surface area contributed by atoms with E-state index in [0.717, 1.165) is 72.8 Å². The molecule has 2 aromatic carbocycles. The van der Waals surface area contributed by atoms with E-state index < -0.39 is 5.60 Å². The fourth-order valence-corrected chi connectivity index (χ4v) is 5.44. The van der Waals surface area contributed by atoms with Crippen LogP contribution in [0.1, 0.15) is 49.3 Å². The lowest BCUT2D eigenvalue weighted by Gasteiger charge is -2.53. The maximum atomic E-state index is 11.5. The van der Waals surface area contributed by atoms with Crippen LogP contribution in [0, 0.1) is 5.92 Å². The van der Waals surface area contributed by atoms with Crippen molar-refractivity contribution >= 4 is 11.6 Å². The van der Waals surface area contributed by atoms with Crippen LogP contribution >= 0.6 is 11.6 Å². The van der Waals surface area contributed by atoms with Gasteiger partial charge in [-0.05, 0) is 37.0 Å². The number of aliphatic hydroxyl groups is 1. The molecule has 0 radical (unpaired) electrons. The third-order valence-corrected chi connectivity index (χ3v) is 7.13. The van der Waals surface area contributed by atoms with E-state index in [1.807, 2.05) is 30.3 Å². The summed E-state index contributed by atoms with van der Waals surface area (Å²) in [4.78, 5) is 2.47. The van der Waals surface area contributed by atoms with Crippen LogP contribution in [0.25, 0.3) is 0 Å². The Morgan fingerprint density at radius 1 is 1.10 bits per heavy atom. The number of piperidine rings is 1. The number of halogens is 1. The first-order valence-electron chi connectivity index (χ1n) is 10.5. The third-order valence-electron chi connectivity index (χ3n) is 6.76. The lowest BCUT2D eigenvalue weighted by atomic mass is 9.66. The summed E-state index contributed by atoms with van der Waals surface area (Å²) in [6, 6.07) is 14.1. The summed E-state index contributed by atoms with van der Waals surface area (Å²) in [5.41, 5.74) is 1.63. The van der Waals surface area contributed by atoms with Crippen molar-refractivity contribution in [2.45, 2.75) is 50.3 Å². The molecule has 1 aliphatic carbocycles. The number of hydrogen-bond acceptors (Lipinski definition) is 4. The number of fused-ring (bicyclic) bond motifs is 1. The second kappa shape index (κ2) is 8.55. The molecule has 0 unspecified atom stereocenters. The SMILES string of the molecule is COc1ccc([C@@H]2[C@@H]3CCCC[C@@]3(O)CCN2Cc2ccccc2Cl)c(OC)c1. The Labute approximate surface area is 178 Å². The fourth-order valence-electron chi connectivity index (χ4n) is 5.24. The van der Waals surface area contributed by atoms with Crippen molar-refractivity contribution in [2.24, 2.45) is 5.92 Å². The van der Waals surface area contributed by atoms with Gasteiger partial charge in [0.2, 0.25) is 0 Å². The highest BCUT2D eigenvalue weighted by molar-refractivity contribution is 6.31. The molecular formula is C24H30ClNO3. The van der Waals surface area contributed by atoms with Crippen LogP contribution in [0.4, 0.5) is 0 Å². The number of methoxy groups -OCH3 is 2. The van der Waals surface area contributed by atoms with E-state index in [9.17, 15) is 5.11 Å². The van der Waals surface area contributed by atoms with Gasteiger partial charge in [-0.1, -0.05) is 48.7 Å². The van der Waals surface area contributed by atoms with Gasteiger partial charge in [0, 0.05) is 41.7 Å². The van der Waals surface area contributed by atoms with Crippen molar-refractivity contribution in [3.8, 4) is 11.5 Å². The molecule has 4 nitrogen and oxygen atoms in total. The zero-order chi connectivity index (χ0) is 20.4. The first-order chi connectivity index (χ1) is 14.1. The smallest absolute Gasteiger partial charge is 0.127 e. The third kappa shape index (κ3) is 3.98. The Balaban J connectivity index is 1.76. The predicted molar refractivity (Wildman–Crippen MR) is 116 cm³/mol. The molecule has 0 amide bonds. The Bertz CT molecular complexity index is 858. The summed E-state index contributed by atoms with van der Waals surface area (Å²) in [7, 11) is 3.37. The maximum Gasteiger partial charge on any atom is 0.127 e. The number of likely N-dealkylation sites (tertiary alicyclic amines) is 1. The Morgan fingerprint density at radius 2 is 1.93 bits per heavy atom. The average Bonchev–Trinajstić information content (AvgIpc) is 2.75. The van der Waals surface area contributed by atoms with Crippen molar-refractivity contribution in [2.75, 3.05) is 20.8 Å².